The van der Waals surface area contributed by atoms with Crippen LogP contribution in [0, 0.1) is 20.8 Å². The molecule has 10 unspecified atom stereocenters. The van der Waals surface area contributed by atoms with Crippen LogP contribution in [-0.2, 0) is 166 Å². The second-order valence-electron chi connectivity index (χ2n) is 33.9. The third-order valence-corrected chi connectivity index (χ3v) is 30.8. The van der Waals surface area contributed by atoms with Gasteiger partial charge in [-0.05, 0) is 62.6 Å². The molecule has 814 valence electrons. The Morgan fingerprint density at radius 3 is 1.20 bits per heavy atom. The number of hydrogen-bond donors (Lipinski definition) is 13. The van der Waals surface area contributed by atoms with E-state index in [1.807, 2.05) is 0 Å². The maximum absolute atomic E-state index is 15.6. The van der Waals surface area contributed by atoms with Crippen LogP contribution >= 0.6 is 35.8 Å². The molecule has 0 aliphatic carbocycles. The Balaban J connectivity index is 0.699. The minimum Gasteiger partial charge on any atom is -0.387 e. The number of ether oxygens (including phenoxy) is 16. The molecule has 6 aliphatic rings. The standard InChI is InChI=1S/C77H109N24O39P5S3/c1-10-38-39(21-45(130-38)96-23-36(3)67(103)95-77(96)107)136-143(112,146)128-27-43-52(57(122-18-13-117-7)72(134-43)99-32-87-47-62(80)83-30-85-64(47)99)138-141(108,109)125-25-41-51(56(121-17-12-116-6)71(132-41)98-31-86-46-61(79)82-29-84-63(46)98)137-142(110,111)126-26-42-53(58(123-19-14-118-8)74(133-42)101-34-89-49-66(101)93-75(81)94-69(49)105)139-145(114,148)129-28-44-54(59(124-20-15-119-9)73(135-44)100-33-88-48-65(100)90-37(4)91-68(48)104)140-144(113,147)127-24-40-50(102)55(120-16-11-115-5)70(131-40)97-22-35(2)60(78)92-76(97)106/h22-23,29-34,38-45,50-59,70-74,102H,10-21,24-28H2,1-9H3,(H,108,109)(H,110,111)(H,112,146)(H,113,147)(H,114,148)(H2,78,92,106)(H2,79,82,84)(H2,80,83,85)(H,90,91,104)(H,95,103,107)(H3,81,93,94,105)/t38-,39-,40-,41-,42-,43-,44-,45-,50+,51+,52+,53+,54+,55?,56?,57?,58?,59?,70-,71-,72-,73-,74-,143?,144?,145?/m1/s1. The number of rotatable bonds is 52. The minimum atomic E-state index is -5.91. The second-order valence-corrected chi connectivity index (χ2v) is 45.1. The number of aromatic amines is 3. The van der Waals surface area contributed by atoms with Crippen molar-refractivity contribution in [1.82, 2.24) is 97.2 Å². The highest BCUT2D eigenvalue weighted by atomic mass is 32.5. The average molecular weight is 2250 g/mol. The van der Waals surface area contributed by atoms with E-state index in [0.717, 1.165) is 28.1 Å². The fourth-order valence-electron chi connectivity index (χ4n) is 17.2. The van der Waals surface area contributed by atoms with Crippen LogP contribution in [0.1, 0.15) is 74.1 Å². The fraction of sp³-hybridized carbons (Fsp3) is 0.636. The molecule has 0 aromatic carbocycles. The van der Waals surface area contributed by atoms with Gasteiger partial charge in [-0.1, -0.05) is 6.92 Å². The molecule has 0 saturated carbocycles. The lowest BCUT2D eigenvalue weighted by Gasteiger charge is -2.30. The van der Waals surface area contributed by atoms with Gasteiger partial charge in [-0.2, -0.15) is 9.97 Å². The Kier molecular flexibility index (Phi) is 36.5. The van der Waals surface area contributed by atoms with E-state index in [1.54, 1.807) is 13.8 Å². The number of imidazole rings is 4. The SMILES string of the molecule is CC[C@H]1O[C@@H](n2cc(C)c(=O)[nH]c2=O)C[C@H]1OP(O)(=S)OC[C@H]1O[C@@H](n2cnc3c(N)ncnc32)C(OCCOC)[C@H]1OP(=O)(O)OC[C@H]1O[C@@H](n2cnc3c(N)ncnc32)C(OCCOC)[C@H]1OP(=O)(O)OC[C@H]1O[C@@H](n2cnc3c(=O)[nH]c(N)nc32)C(OCCOC)[C@H]1OP(O)(=S)OC[C@H]1O[C@@H](n2cnc3c(=O)[nH]c(C)nc32)C(OCCOC)[C@H]1OP(O)(=S)OC[C@H]1O[C@@H](n2cc(C)c(N)nc2=O)C(OCCOC)[C@H]1O. The van der Waals surface area contributed by atoms with E-state index in [4.69, 9.17) is 179 Å². The summed E-state index contributed by atoms with van der Waals surface area (Å²) < 4.78 is 197. The summed E-state index contributed by atoms with van der Waals surface area (Å²) in [5, 5.41) is 11.9. The van der Waals surface area contributed by atoms with Crippen molar-refractivity contribution in [2.75, 3.05) is 158 Å². The number of nitrogens with two attached hydrogens (primary N) is 4. The minimum absolute atomic E-state index is 0.0147. The molecule has 0 bridgehead atoms. The summed E-state index contributed by atoms with van der Waals surface area (Å²) in [6.45, 7) is -14.8. The van der Waals surface area contributed by atoms with Crippen molar-refractivity contribution < 1.29 is 160 Å². The largest absolute Gasteiger partial charge is 0.472 e. The van der Waals surface area contributed by atoms with Crippen molar-refractivity contribution in [3.8, 4) is 0 Å². The van der Waals surface area contributed by atoms with Crippen molar-refractivity contribution in [2.45, 2.75) is 182 Å². The van der Waals surface area contributed by atoms with Crippen LogP contribution in [0.15, 0.2) is 74.3 Å². The van der Waals surface area contributed by atoms with Crippen molar-refractivity contribution in [1.29, 1.82) is 0 Å². The Hall–Kier alpha value is -8.31. The zero-order chi connectivity index (χ0) is 106. The van der Waals surface area contributed by atoms with E-state index in [2.05, 4.69) is 69.8 Å². The van der Waals surface area contributed by atoms with E-state index >= 15 is 9.13 Å². The van der Waals surface area contributed by atoms with Gasteiger partial charge in [0.15, 0.2) is 76.4 Å². The number of hydrogen-bond acceptors (Lipinski definition) is 52. The van der Waals surface area contributed by atoms with Crippen molar-refractivity contribution in [3.63, 3.8) is 0 Å². The summed E-state index contributed by atoms with van der Waals surface area (Å²) in [4.78, 5) is 182. The molecule has 71 heteroatoms. The predicted octanol–water partition coefficient (Wildman–Crippen LogP) is -1.44. The summed E-state index contributed by atoms with van der Waals surface area (Å²) >= 11 is 17.3. The maximum Gasteiger partial charge on any atom is 0.472 e. The molecular formula is C77H109N24O39P5S3. The average Bonchev–Trinajstić information content (AvgIpc) is 1.61. The van der Waals surface area contributed by atoms with Crippen LogP contribution in [0.2, 0.25) is 0 Å². The molecule has 6 saturated heterocycles. The number of aliphatic hydroxyl groups is 1. The van der Waals surface area contributed by atoms with Crippen LogP contribution in [0.25, 0.3) is 44.7 Å². The number of aromatic nitrogens is 20. The zero-order valence-corrected chi connectivity index (χ0v) is 86.9. The van der Waals surface area contributed by atoms with Crippen LogP contribution in [0.5, 0.6) is 0 Å². The topological polar surface area (TPSA) is 804 Å². The lowest BCUT2D eigenvalue weighted by molar-refractivity contribution is -0.0827. The number of nitrogens with one attached hydrogen (secondary N) is 3. The Bertz CT molecular complexity index is 6920. The van der Waals surface area contributed by atoms with Crippen LogP contribution < -0.4 is 51.0 Å². The number of nitrogen functional groups attached to an aromatic ring is 4. The van der Waals surface area contributed by atoms with Crippen molar-refractivity contribution in [2.24, 2.45) is 0 Å². The Morgan fingerprint density at radius 2 is 0.764 bits per heavy atom. The number of phosphoric acid groups is 2. The number of aryl methyl sites for hydroxylation is 3. The summed E-state index contributed by atoms with van der Waals surface area (Å²) in [5.74, 6) is -0.547. The summed E-state index contributed by atoms with van der Waals surface area (Å²) in [6, 6.07) is 0. The van der Waals surface area contributed by atoms with Crippen molar-refractivity contribution >= 4 is 139 Å². The van der Waals surface area contributed by atoms with Crippen LogP contribution in [0.4, 0.5) is 23.4 Å². The van der Waals surface area contributed by atoms with E-state index < -0.39 is 244 Å². The number of phosphoric ester groups is 2. The van der Waals surface area contributed by atoms with E-state index in [1.165, 1.54) is 99.0 Å². The molecule has 16 rings (SSSR count). The Labute approximate surface area is 850 Å². The van der Waals surface area contributed by atoms with Gasteiger partial charge in [-0.3, -0.25) is 78.9 Å². The molecule has 0 amide bonds. The molecule has 16 heterocycles. The molecule has 6 fully saturated rings. The first-order chi connectivity index (χ1) is 70.6. The molecule has 63 nitrogen and oxygen atoms in total. The molecule has 10 aromatic heterocycles. The first-order valence-electron chi connectivity index (χ1n) is 45.2. The van der Waals surface area contributed by atoms with Crippen LogP contribution in [-0.4, -0.2) is 365 Å². The number of fused-ring (bicyclic) bond motifs is 4. The number of nitrogens with zero attached hydrogens (tertiary/aromatic N) is 17. The first-order valence-corrected chi connectivity index (χ1v) is 56.0. The van der Waals surface area contributed by atoms with Gasteiger partial charge in [0.2, 0.25) is 5.95 Å². The highest BCUT2D eigenvalue weighted by Gasteiger charge is 2.59. The van der Waals surface area contributed by atoms with E-state index in [0.29, 0.717) is 5.56 Å². The summed E-state index contributed by atoms with van der Waals surface area (Å²) in [6.07, 6.45) is -26.1. The van der Waals surface area contributed by atoms with Gasteiger partial charge in [0.25, 0.3) is 16.7 Å². The van der Waals surface area contributed by atoms with Gasteiger partial charge in [-0.15, -0.1) is 0 Å². The van der Waals surface area contributed by atoms with Gasteiger partial charge < -0.3 is 151 Å². The number of anilines is 4. The Morgan fingerprint density at radius 1 is 0.392 bits per heavy atom. The number of H-pyrrole nitrogens is 3. The third kappa shape index (κ3) is 25.5. The number of aliphatic hydroxyl groups excluding tert-OH is 1. The smallest absolute Gasteiger partial charge is 0.387 e. The zero-order valence-electron chi connectivity index (χ0n) is 79.9. The molecule has 10 aromatic rings. The van der Waals surface area contributed by atoms with E-state index in [9.17, 15) is 53.5 Å². The molecule has 0 spiro atoms. The lowest BCUT2D eigenvalue weighted by atomic mass is 10.1. The van der Waals surface area contributed by atoms with Gasteiger partial charge in [0.05, 0.1) is 137 Å². The molecule has 0 radical (unpaired) electrons. The monoisotopic (exact) mass is 2240 g/mol. The van der Waals surface area contributed by atoms with Gasteiger partial charge >= 0.3 is 47.2 Å². The third-order valence-electron chi connectivity index (χ3n) is 24.1. The van der Waals surface area contributed by atoms with Crippen LogP contribution in [0.3, 0.4) is 0 Å². The highest BCUT2D eigenvalue weighted by Crippen LogP contribution is 2.58. The van der Waals surface area contributed by atoms with Gasteiger partial charge in [-0.25, -0.2) is 63.6 Å². The molecular weight excluding hydrogens is 2140 g/mol. The predicted molar refractivity (Wildman–Crippen MR) is 514 cm³/mol. The van der Waals surface area contributed by atoms with E-state index in [-0.39, 0.29) is 152 Å². The quantitative estimate of drug-likeness (QED) is 0.0153. The highest BCUT2D eigenvalue weighted by molar-refractivity contribution is 8.07. The molecule has 6 aliphatic heterocycles. The van der Waals surface area contributed by atoms with Crippen molar-refractivity contribution in [3.05, 3.63) is 119 Å². The van der Waals surface area contributed by atoms with Gasteiger partial charge in [0.1, 0.15) is 133 Å². The molecule has 148 heavy (non-hydrogen) atoms. The normalized spacial score (nSPS) is 28.9. The summed E-state index contributed by atoms with van der Waals surface area (Å²) in [7, 11) is -4.86. The first kappa shape index (κ1) is 112. The fourth-order valence-corrected chi connectivity index (χ4v) is 23.5. The molecule has 17 N–H and O–H groups in total. The summed E-state index contributed by atoms with van der Waals surface area (Å²) in [5.41, 5.74) is 20.8. The number of methoxy groups -OCH3 is 5. The maximum atomic E-state index is 15.6. The van der Waals surface area contributed by atoms with Gasteiger partial charge in [0, 0.05) is 65.5 Å². The second kappa shape index (κ2) is 48.1. The molecule has 28 atom stereocenters. The lowest BCUT2D eigenvalue weighted by Crippen LogP contribution is -2.40.